The molecule has 6 nitrogen and oxygen atoms in total. The fraction of sp³-hybridized carbons (Fsp3) is 0.231. The molecule has 1 aromatic heterocycles. The van der Waals surface area contributed by atoms with Crippen molar-refractivity contribution in [3.8, 4) is 5.75 Å². The fourth-order valence-corrected chi connectivity index (χ4v) is 4.92. The minimum atomic E-state index is -0.189. The van der Waals surface area contributed by atoms with Gasteiger partial charge in [-0.2, -0.15) is 0 Å². The van der Waals surface area contributed by atoms with Crippen molar-refractivity contribution >= 4 is 56.5 Å². The van der Waals surface area contributed by atoms with Gasteiger partial charge in [-0.3, -0.25) is 9.59 Å². The van der Waals surface area contributed by atoms with Crippen LogP contribution in [0.25, 0.3) is 21.7 Å². The zero-order valence-electron chi connectivity index (χ0n) is 18.2. The lowest BCUT2D eigenvalue weighted by atomic mass is 9.95. The third kappa shape index (κ3) is 3.70. The van der Waals surface area contributed by atoms with Crippen molar-refractivity contribution in [3.63, 3.8) is 0 Å². The first kappa shape index (κ1) is 21.3. The van der Waals surface area contributed by atoms with E-state index in [2.05, 4.69) is 10.3 Å². The molecule has 0 spiro atoms. The predicted molar refractivity (Wildman–Crippen MR) is 133 cm³/mol. The van der Waals surface area contributed by atoms with E-state index in [-0.39, 0.29) is 23.5 Å². The number of phenols is 1. The summed E-state index contributed by atoms with van der Waals surface area (Å²) in [6.07, 6.45) is 1.24. The van der Waals surface area contributed by atoms with E-state index in [1.54, 1.807) is 17.0 Å². The lowest BCUT2D eigenvalue weighted by Crippen LogP contribution is -2.30. The van der Waals surface area contributed by atoms with Gasteiger partial charge in [0.25, 0.3) is 5.91 Å². The number of nitrogens with one attached hydrogen (secondary N) is 2. The average molecular weight is 462 g/mol. The molecule has 1 aliphatic heterocycles. The van der Waals surface area contributed by atoms with E-state index < -0.39 is 0 Å². The summed E-state index contributed by atoms with van der Waals surface area (Å²) >= 11 is 6.29. The normalized spacial score (nSPS) is 15.2. The summed E-state index contributed by atoms with van der Waals surface area (Å²) in [6.45, 7) is 2.40. The number of fused-ring (bicyclic) bond motifs is 4. The largest absolute Gasteiger partial charge is 0.507 e. The summed E-state index contributed by atoms with van der Waals surface area (Å²) in [6, 6.07) is 16.6. The number of aromatic hydroxyl groups is 1. The van der Waals surface area contributed by atoms with Gasteiger partial charge in [0.05, 0.1) is 5.69 Å². The molecule has 33 heavy (non-hydrogen) atoms. The fourth-order valence-electron chi connectivity index (χ4n) is 4.67. The van der Waals surface area contributed by atoms with Crippen LogP contribution >= 0.6 is 11.6 Å². The summed E-state index contributed by atoms with van der Waals surface area (Å²) in [7, 11) is 0. The molecule has 1 aliphatic rings. The Kier molecular flexibility index (Phi) is 5.46. The van der Waals surface area contributed by atoms with Gasteiger partial charge in [-0.05, 0) is 41.6 Å². The van der Waals surface area contributed by atoms with Crippen LogP contribution in [-0.4, -0.2) is 34.3 Å². The highest BCUT2D eigenvalue weighted by Crippen LogP contribution is 2.45. The Morgan fingerprint density at radius 1 is 1.15 bits per heavy atom. The van der Waals surface area contributed by atoms with Crippen molar-refractivity contribution in [3.05, 3.63) is 65.9 Å². The summed E-state index contributed by atoms with van der Waals surface area (Å²) in [4.78, 5) is 30.3. The molecule has 2 heterocycles. The maximum absolute atomic E-state index is 13.5. The molecule has 0 fully saturated rings. The molecular weight excluding hydrogens is 438 g/mol. The third-order valence-corrected chi connectivity index (χ3v) is 6.56. The Bertz CT molecular complexity index is 1390. The van der Waals surface area contributed by atoms with Gasteiger partial charge in [-0.25, -0.2) is 0 Å². The van der Waals surface area contributed by atoms with Gasteiger partial charge in [-0.15, -0.1) is 11.6 Å². The number of aromatic nitrogens is 1. The lowest BCUT2D eigenvalue weighted by molar-refractivity contribution is -0.116. The maximum atomic E-state index is 13.5. The molecule has 3 N–H and O–H groups in total. The number of aromatic amines is 1. The summed E-state index contributed by atoms with van der Waals surface area (Å²) in [5, 5.41) is 16.0. The van der Waals surface area contributed by atoms with Crippen molar-refractivity contribution in [1.29, 1.82) is 0 Å². The molecule has 7 heteroatoms. The van der Waals surface area contributed by atoms with Gasteiger partial charge in [0.2, 0.25) is 5.91 Å². The number of nitrogens with zero attached hydrogens (tertiary/aromatic N) is 1. The molecule has 0 unspecified atom stereocenters. The van der Waals surface area contributed by atoms with Crippen LogP contribution in [0, 0.1) is 0 Å². The number of hydrogen-bond donors (Lipinski definition) is 3. The van der Waals surface area contributed by atoms with Crippen LogP contribution in [0.3, 0.4) is 0 Å². The van der Waals surface area contributed by atoms with Gasteiger partial charge in [0.1, 0.15) is 11.4 Å². The van der Waals surface area contributed by atoms with Crippen LogP contribution in [0.4, 0.5) is 11.4 Å². The molecule has 3 aromatic carbocycles. The highest BCUT2D eigenvalue weighted by Gasteiger charge is 2.35. The Hall–Kier alpha value is -3.51. The minimum absolute atomic E-state index is 0.0270. The van der Waals surface area contributed by atoms with Crippen LogP contribution in [0.2, 0.25) is 0 Å². The first-order chi connectivity index (χ1) is 16.0. The SMILES string of the molecule is CCCC(=O)Nc1ccc2[nH]c(C(=O)N3C[C@@H](CCl)c4c3cc(O)c3ccccc43)cc2c1. The minimum Gasteiger partial charge on any atom is -0.507 e. The number of rotatable bonds is 5. The average Bonchev–Trinajstić information content (AvgIpc) is 3.40. The molecule has 1 atom stereocenters. The van der Waals surface area contributed by atoms with E-state index in [9.17, 15) is 14.7 Å². The Balaban J connectivity index is 1.51. The Labute approximate surface area is 196 Å². The number of hydrogen-bond acceptors (Lipinski definition) is 3. The van der Waals surface area contributed by atoms with Crippen LogP contribution < -0.4 is 10.2 Å². The van der Waals surface area contributed by atoms with Crippen molar-refractivity contribution in [2.75, 3.05) is 22.6 Å². The first-order valence-electron chi connectivity index (χ1n) is 11.0. The highest BCUT2D eigenvalue weighted by atomic mass is 35.5. The smallest absolute Gasteiger partial charge is 0.274 e. The zero-order chi connectivity index (χ0) is 23.1. The quantitative estimate of drug-likeness (QED) is 0.331. The topological polar surface area (TPSA) is 85.4 Å². The van der Waals surface area contributed by atoms with Gasteiger partial charge < -0.3 is 20.3 Å². The number of carbonyl (C=O) groups is 2. The van der Waals surface area contributed by atoms with E-state index >= 15 is 0 Å². The van der Waals surface area contributed by atoms with Crippen LogP contribution in [0.5, 0.6) is 5.75 Å². The van der Waals surface area contributed by atoms with Crippen molar-refractivity contribution in [2.24, 2.45) is 0 Å². The summed E-state index contributed by atoms with van der Waals surface area (Å²) in [5.41, 5.74) is 3.62. The molecule has 5 rings (SSSR count). The second-order valence-corrected chi connectivity index (χ2v) is 8.73. The Morgan fingerprint density at radius 2 is 1.94 bits per heavy atom. The molecular formula is C26H24ClN3O3. The predicted octanol–water partition coefficient (Wildman–Crippen LogP) is 5.75. The number of H-pyrrole nitrogens is 1. The van der Waals surface area contributed by atoms with Gasteiger partial charge in [0.15, 0.2) is 0 Å². The second kappa shape index (κ2) is 8.45. The van der Waals surface area contributed by atoms with E-state index in [0.29, 0.717) is 35.9 Å². The van der Waals surface area contributed by atoms with E-state index in [1.807, 2.05) is 49.4 Å². The van der Waals surface area contributed by atoms with Crippen molar-refractivity contribution in [2.45, 2.75) is 25.7 Å². The molecule has 0 saturated heterocycles. The van der Waals surface area contributed by atoms with Crippen LogP contribution in [-0.2, 0) is 4.79 Å². The van der Waals surface area contributed by atoms with E-state index in [1.165, 1.54) is 0 Å². The number of benzene rings is 3. The van der Waals surface area contributed by atoms with Crippen LogP contribution in [0.1, 0.15) is 41.7 Å². The molecule has 0 saturated carbocycles. The number of carbonyl (C=O) groups excluding carboxylic acids is 2. The number of halogens is 1. The van der Waals surface area contributed by atoms with Crippen molar-refractivity contribution in [1.82, 2.24) is 4.98 Å². The number of anilines is 2. The lowest BCUT2D eigenvalue weighted by Gasteiger charge is -2.17. The van der Waals surface area contributed by atoms with E-state index in [0.717, 1.165) is 33.7 Å². The van der Waals surface area contributed by atoms with Crippen LogP contribution in [0.15, 0.2) is 54.6 Å². The number of alkyl halides is 1. The molecule has 2 amide bonds. The van der Waals surface area contributed by atoms with Gasteiger partial charge in [0, 0.05) is 52.8 Å². The molecule has 0 aliphatic carbocycles. The molecule has 168 valence electrons. The monoisotopic (exact) mass is 461 g/mol. The maximum Gasteiger partial charge on any atom is 0.274 e. The van der Waals surface area contributed by atoms with Crippen molar-refractivity contribution < 1.29 is 14.7 Å². The van der Waals surface area contributed by atoms with Gasteiger partial charge in [-0.1, -0.05) is 31.2 Å². The zero-order valence-corrected chi connectivity index (χ0v) is 18.9. The summed E-state index contributed by atoms with van der Waals surface area (Å²) in [5.74, 6) is 0.268. The first-order valence-corrected chi connectivity index (χ1v) is 11.6. The van der Waals surface area contributed by atoms with E-state index in [4.69, 9.17) is 11.6 Å². The molecule has 0 bridgehead atoms. The second-order valence-electron chi connectivity index (χ2n) is 8.42. The Morgan fingerprint density at radius 3 is 2.70 bits per heavy atom. The highest BCUT2D eigenvalue weighted by molar-refractivity contribution is 6.19. The number of amides is 2. The van der Waals surface area contributed by atoms with Gasteiger partial charge >= 0.3 is 0 Å². The molecule has 0 radical (unpaired) electrons. The standard InChI is InChI=1S/C26H24ClN3O3/c1-2-5-24(32)28-17-8-9-20-15(10-17)11-21(29-20)26(33)30-14-16(13-27)25-19-7-4-3-6-18(19)23(31)12-22(25)30/h3-4,6-12,16,29,31H,2,5,13-14H2,1H3,(H,28,32)/t16-/m1/s1. The number of phenolic OH excluding ortho intramolecular Hbond substituents is 1. The summed E-state index contributed by atoms with van der Waals surface area (Å²) < 4.78 is 0. The third-order valence-electron chi connectivity index (χ3n) is 6.19. The molecule has 4 aromatic rings.